The molecule has 5 heteroatoms. The first-order chi connectivity index (χ1) is 10.2. The molecule has 0 saturated carbocycles. The highest BCUT2D eigenvalue weighted by atomic mass is 16.4. The van der Waals surface area contributed by atoms with Gasteiger partial charge in [0, 0.05) is 12.2 Å². The van der Waals surface area contributed by atoms with Crippen LogP contribution in [-0.4, -0.2) is 47.6 Å². The van der Waals surface area contributed by atoms with Gasteiger partial charge in [0.05, 0.1) is 6.54 Å². The molecule has 1 unspecified atom stereocenters. The predicted octanol–water partition coefficient (Wildman–Crippen LogP) is 1.51. The molecule has 1 aromatic carbocycles. The maximum atomic E-state index is 12.5. The van der Waals surface area contributed by atoms with E-state index in [1.165, 1.54) is 5.56 Å². The van der Waals surface area contributed by atoms with Gasteiger partial charge in [0.2, 0.25) is 5.91 Å². The Balaban J connectivity index is 1.70. The van der Waals surface area contributed by atoms with Crippen molar-refractivity contribution < 1.29 is 14.7 Å². The highest BCUT2D eigenvalue weighted by Gasteiger charge is 2.32. The van der Waals surface area contributed by atoms with E-state index in [1.807, 2.05) is 29.2 Å². The van der Waals surface area contributed by atoms with Crippen LogP contribution in [0.3, 0.4) is 0 Å². The first kappa shape index (κ1) is 14.1. The maximum absolute atomic E-state index is 12.5. The van der Waals surface area contributed by atoms with Crippen molar-refractivity contribution in [2.24, 2.45) is 0 Å². The van der Waals surface area contributed by atoms with Gasteiger partial charge in [-0.15, -0.1) is 0 Å². The van der Waals surface area contributed by atoms with Gasteiger partial charge in [-0.2, -0.15) is 0 Å². The predicted molar refractivity (Wildman–Crippen MR) is 79.3 cm³/mol. The summed E-state index contributed by atoms with van der Waals surface area (Å²) in [6.07, 6.45) is 3.41. The van der Waals surface area contributed by atoms with E-state index in [1.54, 1.807) is 4.90 Å². The highest BCUT2D eigenvalue weighted by Crippen LogP contribution is 2.28. The lowest BCUT2D eigenvalue weighted by molar-refractivity contribution is -0.145. The van der Waals surface area contributed by atoms with Crippen LogP contribution in [0, 0.1) is 0 Å². The minimum absolute atomic E-state index is 0.00750. The number of rotatable bonds is 3. The normalized spacial score (nSPS) is 22.1. The summed E-state index contributed by atoms with van der Waals surface area (Å²) in [5, 5.41) is 9.28. The number of carboxylic acid groups (broad SMARTS) is 1. The lowest BCUT2D eigenvalue weighted by Gasteiger charge is -2.33. The Morgan fingerprint density at radius 3 is 2.81 bits per heavy atom. The number of likely N-dealkylation sites (tertiary alicyclic amines) is 1. The summed E-state index contributed by atoms with van der Waals surface area (Å²) < 4.78 is 0. The zero-order chi connectivity index (χ0) is 14.8. The van der Waals surface area contributed by atoms with Crippen molar-refractivity contribution in [3.63, 3.8) is 0 Å². The number of aliphatic carboxylic acids is 1. The molecule has 1 N–H and O–H groups in total. The van der Waals surface area contributed by atoms with Crippen molar-refractivity contribution in [2.75, 3.05) is 24.5 Å². The van der Waals surface area contributed by atoms with Crippen molar-refractivity contribution in [3.05, 3.63) is 29.8 Å². The fraction of sp³-hybridized carbons (Fsp3) is 0.500. The van der Waals surface area contributed by atoms with Gasteiger partial charge in [-0.25, -0.2) is 0 Å². The second kappa shape index (κ2) is 5.85. The molecule has 1 fully saturated rings. The van der Waals surface area contributed by atoms with E-state index >= 15 is 0 Å². The van der Waals surface area contributed by atoms with Crippen molar-refractivity contribution in [2.45, 2.75) is 31.7 Å². The van der Waals surface area contributed by atoms with Crippen LogP contribution in [0.5, 0.6) is 0 Å². The molecule has 1 amide bonds. The standard InChI is InChI=1S/C16H20N2O3/c19-15(11-17-9-4-3-7-14(17)16(20)21)18-10-8-12-5-1-2-6-13(12)18/h1-2,5-6,14H,3-4,7-11H2,(H,20,21). The molecule has 0 bridgehead atoms. The first-order valence-electron chi connectivity index (χ1n) is 7.52. The Morgan fingerprint density at radius 2 is 2.00 bits per heavy atom. The number of benzene rings is 1. The molecule has 0 aliphatic carbocycles. The molecule has 1 saturated heterocycles. The van der Waals surface area contributed by atoms with Crippen LogP contribution in [0.15, 0.2) is 24.3 Å². The van der Waals surface area contributed by atoms with Crippen LogP contribution >= 0.6 is 0 Å². The number of piperidine rings is 1. The number of amides is 1. The highest BCUT2D eigenvalue weighted by molar-refractivity contribution is 5.97. The SMILES string of the molecule is O=C(O)C1CCCCN1CC(=O)N1CCc2ccccc21. The summed E-state index contributed by atoms with van der Waals surface area (Å²) >= 11 is 0. The summed E-state index contributed by atoms with van der Waals surface area (Å²) in [6.45, 7) is 1.59. The summed E-state index contributed by atoms with van der Waals surface area (Å²) in [5.41, 5.74) is 2.17. The number of anilines is 1. The maximum Gasteiger partial charge on any atom is 0.320 e. The molecule has 1 atom stereocenters. The zero-order valence-electron chi connectivity index (χ0n) is 12.0. The van der Waals surface area contributed by atoms with Gasteiger partial charge in [0.15, 0.2) is 0 Å². The number of carbonyl (C=O) groups is 2. The van der Waals surface area contributed by atoms with Crippen LogP contribution < -0.4 is 4.90 Å². The third-order valence-electron chi connectivity index (χ3n) is 4.43. The molecule has 2 aliphatic rings. The number of hydrogen-bond acceptors (Lipinski definition) is 3. The van der Waals surface area contributed by atoms with E-state index in [4.69, 9.17) is 0 Å². The third kappa shape index (κ3) is 2.78. The van der Waals surface area contributed by atoms with Crippen LogP contribution in [0.4, 0.5) is 5.69 Å². The molecule has 0 aromatic heterocycles. The van der Waals surface area contributed by atoms with Crippen molar-refractivity contribution in [1.29, 1.82) is 0 Å². The Kier molecular flexibility index (Phi) is 3.92. The van der Waals surface area contributed by atoms with E-state index < -0.39 is 12.0 Å². The first-order valence-corrected chi connectivity index (χ1v) is 7.52. The zero-order valence-corrected chi connectivity index (χ0v) is 12.0. The van der Waals surface area contributed by atoms with Gasteiger partial charge >= 0.3 is 5.97 Å². The number of carbonyl (C=O) groups excluding carboxylic acids is 1. The van der Waals surface area contributed by atoms with Gasteiger partial charge in [0.25, 0.3) is 0 Å². The molecule has 112 valence electrons. The second-order valence-corrected chi connectivity index (χ2v) is 5.74. The number of hydrogen-bond donors (Lipinski definition) is 1. The molecule has 0 spiro atoms. The summed E-state index contributed by atoms with van der Waals surface area (Å²) in [6, 6.07) is 7.42. The quantitative estimate of drug-likeness (QED) is 0.916. The van der Waals surface area contributed by atoms with E-state index in [9.17, 15) is 14.7 Å². The molecule has 0 radical (unpaired) electrons. The Labute approximate surface area is 124 Å². The second-order valence-electron chi connectivity index (χ2n) is 5.74. The van der Waals surface area contributed by atoms with Gasteiger partial charge < -0.3 is 10.0 Å². The van der Waals surface area contributed by atoms with Crippen molar-refractivity contribution in [3.8, 4) is 0 Å². The minimum Gasteiger partial charge on any atom is -0.480 e. The Hall–Kier alpha value is -1.88. The molecular formula is C16H20N2O3. The molecule has 5 nitrogen and oxygen atoms in total. The van der Waals surface area contributed by atoms with Crippen molar-refractivity contribution >= 4 is 17.6 Å². The largest absolute Gasteiger partial charge is 0.480 e. The molecule has 2 aliphatic heterocycles. The number of fused-ring (bicyclic) bond motifs is 1. The monoisotopic (exact) mass is 288 g/mol. The molecule has 2 heterocycles. The Bertz CT molecular complexity index is 558. The third-order valence-corrected chi connectivity index (χ3v) is 4.43. The molecule has 1 aromatic rings. The molecule has 21 heavy (non-hydrogen) atoms. The topological polar surface area (TPSA) is 60.9 Å². The van der Waals surface area contributed by atoms with Crippen LogP contribution in [0.2, 0.25) is 0 Å². The van der Waals surface area contributed by atoms with Gasteiger partial charge in [-0.3, -0.25) is 14.5 Å². The number of nitrogens with zero attached hydrogens (tertiary/aromatic N) is 2. The summed E-state index contributed by atoms with van der Waals surface area (Å²) in [4.78, 5) is 27.4. The molecule has 3 rings (SSSR count). The van der Waals surface area contributed by atoms with Gasteiger partial charge in [-0.05, 0) is 37.4 Å². The van der Waals surface area contributed by atoms with E-state index in [2.05, 4.69) is 0 Å². The van der Waals surface area contributed by atoms with Crippen LogP contribution in [0.1, 0.15) is 24.8 Å². The average molecular weight is 288 g/mol. The van der Waals surface area contributed by atoms with E-state index in [0.29, 0.717) is 19.5 Å². The number of carboxylic acids is 1. The Morgan fingerprint density at radius 1 is 1.19 bits per heavy atom. The lowest BCUT2D eigenvalue weighted by Crippen LogP contribution is -2.49. The smallest absolute Gasteiger partial charge is 0.320 e. The van der Waals surface area contributed by atoms with Gasteiger partial charge in [0.1, 0.15) is 6.04 Å². The summed E-state index contributed by atoms with van der Waals surface area (Å²) in [7, 11) is 0. The van der Waals surface area contributed by atoms with Crippen LogP contribution in [-0.2, 0) is 16.0 Å². The minimum atomic E-state index is -0.815. The van der Waals surface area contributed by atoms with E-state index in [0.717, 1.165) is 24.9 Å². The number of para-hydroxylation sites is 1. The van der Waals surface area contributed by atoms with Gasteiger partial charge in [-0.1, -0.05) is 24.6 Å². The fourth-order valence-corrected chi connectivity index (χ4v) is 3.32. The summed E-state index contributed by atoms with van der Waals surface area (Å²) in [5.74, 6) is -0.808. The molecular weight excluding hydrogens is 268 g/mol. The van der Waals surface area contributed by atoms with E-state index in [-0.39, 0.29) is 12.5 Å². The van der Waals surface area contributed by atoms with Crippen molar-refractivity contribution in [1.82, 2.24) is 4.90 Å². The lowest BCUT2D eigenvalue weighted by atomic mass is 10.0. The van der Waals surface area contributed by atoms with Crippen LogP contribution in [0.25, 0.3) is 0 Å². The average Bonchev–Trinajstić information content (AvgIpc) is 2.91. The fourth-order valence-electron chi connectivity index (χ4n) is 3.32.